The Morgan fingerprint density at radius 3 is 2.72 bits per heavy atom. The van der Waals surface area contributed by atoms with E-state index in [2.05, 4.69) is 11.4 Å². The van der Waals surface area contributed by atoms with Crippen molar-refractivity contribution in [1.29, 1.82) is 5.26 Å². The minimum atomic E-state index is -0.861. The van der Waals surface area contributed by atoms with E-state index in [1.165, 1.54) is 0 Å². The van der Waals surface area contributed by atoms with Crippen molar-refractivity contribution >= 4 is 23.3 Å². The van der Waals surface area contributed by atoms with Crippen molar-refractivity contribution < 1.29 is 18.7 Å². The number of furan rings is 1. The Bertz CT molecular complexity index is 1210. The number of ether oxygens (including phenoxy) is 1. The smallest absolute Gasteiger partial charge is 0.260 e. The van der Waals surface area contributed by atoms with Crippen molar-refractivity contribution in [1.82, 2.24) is 4.57 Å². The number of fused-ring (bicyclic) bond motifs is 1. The topological polar surface area (TPSA) is 127 Å². The minimum absolute atomic E-state index is 0.0426. The number of amides is 2. The maximum atomic E-state index is 13.1. The Kier molecular flexibility index (Phi) is 5.60. The van der Waals surface area contributed by atoms with Gasteiger partial charge in [0.15, 0.2) is 6.10 Å². The number of carbonyl (C=O) groups excluding carboxylic acids is 2. The largest absolute Gasteiger partial charge is 0.477 e. The van der Waals surface area contributed by atoms with Gasteiger partial charge in [0.2, 0.25) is 5.91 Å². The summed E-state index contributed by atoms with van der Waals surface area (Å²) in [6.07, 6.45) is 0.717. The first-order valence-corrected chi connectivity index (χ1v) is 10.1. The van der Waals surface area contributed by atoms with Crippen LogP contribution >= 0.6 is 0 Å². The normalized spacial score (nSPS) is 14.9. The van der Waals surface area contributed by atoms with Crippen LogP contribution in [-0.2, 0) is 16.1 Å². The van der Waals surface area contributed by atoms with E-state index in [4.69, 9.17) is 14.9 Å². The molecule has 0 bridgehead atoms. The predicted molar refractivity (Wildman–Crippen MR) is 117 cm³/mol. The van der Waals surface area contributed by atoms with E-state index in [0.29, 0.717) is 35.1 Å². The molecule has 0 unspecified atom stereocenters. The third kappa shape index (κ3) is 3.90. The lowest BCUT2D eigenvalue weighted by molar-refractivity contribution is -0.125. The summed E-state index contributed by atoms with van der Waals surface area (Å²) in [4.78, 5) is 26.5. The highest BCUT2D eigenvalue weighted by molar-refractivity contribution is 5.95. The van der Waals surface area contributed by atoms with E-state index in [9.17, 15) is 14.9 Å². The van der Waals surface area contributed by atoms with Gasteiger partial charge in [0, 0.05) is 5.69 Å². The van der Waals surface area contributed by atoms with Gasteiger partial charge in [0.25, 0.3) is 5.91 Å². The van der Waals surface area contributed by atoms with Crippen LogP contribution in [0.2, 0.25) is 0 Å². The van der Waals surface area contributed by atoms with Gasteiger partial charge in [-0.1, -0.05) is 12.1 Å². The van der Waals surface area contributed by atoms with Gasteiger partial charge >= 0.3 is 0 Å². The molecule has 1 aliphatic heterocycles. The summed E-state index contributed by atoms with van der Waals surface area (Å²) in [5.41, 5.74) is 8.19. The maximum absolute atomic E-state index is 13.1. The number of nitrogens with zero attached hydrogens (tertiary/aromatic N) is 3. The molecular formula is C23H23N5O4. The van der Waals surface area contributed by atoms with Gasteiger partial charge in [-0.25, -0.2) is 0 Å². The summed E-state index contributed by atoms with van der Waals surface area (Å²) in [7, 11) is 0. The number of hydrogen-bond donors (Lipinski definition) is 2. The Morgan fingerprint density at radius 2 is 2.03 bits per heavy atom. The standard InChI is InChI=1S/C23H23N5O4/c1-14-15(2)28(11-16-6-5-9-31-16)23(17(14)10-24)26-21(29)13-27-12-20(22(25)30)32-19-8-4-3-7-18(19)27/h3-9,20H,11-13H2,1-2H3,(H2,25,30)(H,26,29)/t20-/m1/s1. The molecule has 0 saturated carbocycles. The number of aromatic nitrogens is 1. The summed E-state index contributed by atoms with van der Waals surface area (Å²) < 4.78 is 13.0. The van der Waals surface area contributed by atoms with Crippen molar-refractivity contribution in [3.63, 3.8) is 0 Å². The number of benzene rings is 1. The van der Waals surface area contributed by atoms with Crippen LogP contribution in [0, 0.1) is 25.2 Å². The van der Waals surface area contributed by atoms with Crippen LogP contribution in [0.1, 0.15) is 22.6 Å². The number of carbonyl (C=O) groups is 2. The SMILES string of the molecule is Cc1c(C#N)c(NC(=O)CN2C[C@H](C(N)=O)Oc3ccccc32)n(Cc2ccco2)c1C. The zero-order valence-corrected chi connectivity index (χ0v) is 17.8. The fraction of sp³-hybridized carbons (Fsp3) is 0.261. The van der Waals surface area contributed by atoms with Crippen molar-refractivity contribution in [2.24, 2.45) is 5.73 Å². The molecule has 1 aliphatic rings. The number of hydrogen-bond acceptors (Lipinski definition) is 6. The molecule has 9 nitrogen and oxygen atoms in total. The number of nitrogens with two attached hydrogens (primary N) is 1. The average molecular weight is 433 g/mol. The summed E-state index contributed by atoms with van der Waals surface area (Å²) in [6.45, 7) is 4.22. The quantitative estimate of drug-likeness (QED) is 0.614. The monoisotopic (exact) mass is 433 g/mol. The van der Waals surface area contributed by atoms with Gasteiger partial charge in [0.1, 0.15) is 23.4 Å². The lowest BCUT2D eigenvalue weighted by Crippen LogP contribution is -2.49. The first kappa shape index (κ1) is 21.1. The number of para-hydroxylation sites is 2. The zero-order chi connectivity index (χ0) is 22.8. The van der Waals surface area contributed by atoms with Crippen LogP contribution < -0.4 is 20.7 Å². The molecule has 3 N–H and O–H groups in total. The molecule has 2 aromatic heterocycles. The second-order valence-electron chi connectivity index (χ2n) is 7.62. The number of anilines is 2. The van der Waals surface area contributed by atoms with Crippen LogP contribution in [0.4, 0.5) is 11.5 Å². The minimum Gasteiger partial charge on any atom is -0.477 e. The third-order valence-electron chi connectivity index (χ3n) is 5.61. The Hall–Kier alpha value is -4.19. The number of rotatable bonds is 6. The second-order valence-corrected chi connectivity index (χ2v) is 7.62. The second kappa shape index (κ2) is 8.51. The highest BCUT2D eigenvalue weighted by atomic mass is 16.5. The van der Waals surface area contributed by atoms with Gasteiger partial charge in [0.05, 0.1) is 37.1 Å². The molecular weight excluding hydrogens is 410 g/mol. The van der Waals surface area contributed by atoms with Crippen molar-refractivity contribution in [2.45, 2.75) is 26.5 Å². The average Bonchev–Trinajstić information content (AvgIpc) is 3.36. The van der Waals surface area contributed by atoms with E-state index in [1.54, 1.807) is 29.4 Å². The van der Waals surface area contributed by atoms with Crippen LogP contribution in [-0.4, -0.2) is 35.6 Å². The van der Waals surface area contributed by atoms with E-state index in [0.717, 1.165) is 11.3 Å². The highest BCUT2D eigenvalue weighted by Crippen LogP contribution is 2.33. The number of nitriles is 1. The van der Waals surface area contributed by atoms with Gasteiger partial charge in [-0.05, 0) is 43.7 Å². The van der Waals surface area contributed by atoms with Crippen molar-refractivity contribution in [2.75, 3.05) is 23.3 Å². The van der Waals surface area contributed by atoms with Crippen molar-refractivity contribution in [3.8, 4) is 11.8 Å². The molecule has 3 heterocycles. The molecule has 164 valence electrons. The lowest BCUT2D eigenvalue weighted by Gasteiger charge is -2.34. The fourth-order valence-electron chi connectivity index (χ4n) is 3.84. The summed E-state index contributed by atoms with van der Waals surface area (Å²) in [6, 6.07) is 13.0. The molecule has 9 heteroatoms. The van der Waals surface area contributed by atoms with E-state index in [1.807, 2.05) is 36.6 Å². The highest BCUT2D eigenvalue weighted by Gasteiger charge is 2.30. The molecule has 32 heavy (non-hydrogen) atoms. The molecule has 1 atom stereocenters. The van der Waals surface area contributed by atoms with E-state index < -0.39 is 12.0 Å². The van der Waals surface area contributed by atoms with Crippen LogP contribution in [0.5, 0.6) is 5.75 Å². The lowest BCUT2D eigenvalue weighted by atomic mass is 10.1. The molecule has 0 radical (unpaired) electrons. The first-order chi connectivity index (χ1) is 15.4. The molecule has 0 aliphatic carbocycles. The zero-order valence-electron chi connectivity index (χ0n) is 17.8. The first-order valence-electron chi connectivity index (χ1n) is 10.1. The fourth-order valence-corrected chi connectivity index (χ4v) is 3.84. The Morgan fingerprint density at radius 1 is 1.25 bits per heavy atom. The van der Waals surface area contributed by atoms with E-state index >= 15 is 0 Å². The predicted octanol–water partition coefficient (Wildman–Crippen LogP) is 2.31. The van der Waals surface area contributed by atoms with Gasteiger partial charge in [-0.2, -0.15) is 5.26 Å². The summed E-state index contributed by atoms with van der Waals surface area (Å²) in [5.74, 6) is 0.669. The molecule has 0 fully saturated rings. The van der Waals surface area contributed by atoms with Crippen LogP contribution in [0.3, 0.4) is 0 Å². The summed E-state index contributed by atoms with van der Waals surface area (Å²) in [5, 5.41) is 12.6. The maximum Gasteiger partial charge on any atom is 0.260 e. The Balaban J connectivity index is 1.60. The molecule has 2 amide bonds. The van der Waals surface area contributed by atoms with Crippen LogP contribution in [0.25, 0.3) is 0 Å². The Labute approximate surface area is 185 Å². The molecule has 3 aromatic rings. The van der Waals surface area contributed by atoms with Crippen molar-refractivity contribution in [3.05, 3.63) is 65.2 Å². The molecule has 1 aromatic carbocycles. The van der Waals surface area contributed by atoms with Gasteiger partial charge in [-0.3, -0.25) is 9.59 Å². The third-order valence-corrected chi connectivity index (χ3v) is 5.61. The van der Waals surface area contributed by atoms with Gasteiger partial charge in [-0.15, -0.1) is 0 Å². The molecule has 0 spiro atoms. The number of nitrogens with one attached hydrogen (secondary N) is 1. The van der Waals surface area contributed by atoms with Gasteiger partial charge < -0.3 is 29.7 Å². The van der Waals surface area contributed by atoms with Crippen LogP contribution in [0.15, 0.2) is 47.1 Å². The summed E-state index contributed by atoms with van der Waals surface area (Å²) >= 11 is 0. The molecule has 4 rings (SSSR count). The molecule has 0 saturated heterocycles. The van der Waals surface area contributed by atoms with E-state index in [-0.39, 0.29) is 19.0 Å². The number of primary amides is 1.